The zero-order chi connectivity index (χ0) is 10.4. The van der Waals surface area contributed by atoms with E-state index in [1.165, 1.54) is 12.0 Å². The lowest BCUT2D eigenvalue weighted by Gasteiger charge is -2.04. The standard InChI is InChI=1S/C10H13NO2S/c1-13-10(12)11-7-8-3-5-9(14-2)6-4-8/h3-6H,7H2,1-2H3,(H,11,12). The molecule has 0 saturated carbocycles. The van der Waals surface area contributed by atoms with Gasteiger partial charge >= 0.3 is 6.09 Å². The Kier molecular flexibility index (Phi) is 4.32. The van der Waals surface area contributed by atoms with E-state index in [0.717, 1.165) is 5.56 Å². The van der Waals surface area contributed by atoms with Crippen LogP contribution in [-0.4, -0.2) is 19.5 Å². The molecule has 0 radical (unpaired) electrons. The molecule has 0 spiro atoms. The first kappa shape index (κ1) is 10.9. The third-order valence-corrected chi connectivity index (χ3v) is 2.52. The number of alkyl carbamates (subject to hydrolysis) is 1. The normalized spacial score (nSPS) is 9.57. The van der Waals surface area contributed by atoms with E-state index in [0.29, 0.717) is 6.54 Å². The molecule has 1 aromatic rings. The molecule has 1 aromatic carbocycles. The fraction of sp³-hybridized carbons (Fsp3) is 0.300. The zero-order valence-corrected chi connectivity index (χ0v) is 9.06. The molecule has 0 fully saturated rings. The molecule has 0 aliphatic rings. The SMILES string of the molecule is COC(=O)NCc1ccc(SC)cc1. The molecule has 0 aliphatic carbocycles. The molecule has 0 aliphatic heterocycles. The Morgan fingerprint density at radius 3 is 2.57 bits per heavy atom. The summed E-state index contributed by atoms with van der Waals surface area (Å²) >= 11 is 1.69. The molecular weight excluding hydrogens is 198 g/mol. The van der Waals surface area contributed by atoms with E-state index in [4.69, 9.17) is 0 Å². The average Bonchev–Trinajstić information content (AvgIpc) is 2.26. The van der Waals surface area contributed by atoms with Crippen molar-refractivity contribution in [3.63, 3.8) is 0 Å². The first-order chi connectivity index (χ1) is 6.76. The molecule has 1 rings (SSSR count). The number of rotatable bonds is 3. The molecule has 1 amide bonds. The van der Waals surface area contributed by atoms with Crippen LogP contribution in [0.4, 0.5) is 4.79 Å². The van der Waals surface area contributed by atoms with Crippen molar-refractivity contribution in [3.05, 3.63) is 29.8 Å². The van der Waals surface area contributed by atoms with E-state index in [2.05, 4.69) is 10.1 Å². The summed E-state index contributed by atoms with van der Waals surface area (Å²) in [6.45, 7) is 0.501. The molecule has 76 valence electrons. The molecule has 4 heteroatoms. The fourth-order valence-electron chi connectivity index (χ4n) is 0.990. The Balaban J connectivity index is 2.47. The Morgan fingerprint density at radius 1 is 1.43 bits per heavy atom. The molecule has 0 aromatic heterocycles. The molecule has 0 heterocycles. The van der Waals surface area contributed by atoms with Crippen molar-refractivity contribution in [1.29, 1.82) is 0 Å². The van der Waals surface area contributed by atoms with Gasteiger partial charge in [-0.1, -0.05) is 12.1 Å². The first-order valence-electron chi connectivity index (χ1n) is 4.21. The van der Waals surface area contributed by atoms with Gasteiger partial charge in [0.05, 0.1) is 7.11 Å². The summed E-state index contributed by atoms with van der Waals surface area (Å²) in [5.74, 6) is 0. The van der Waals surface area contributed by atoms with E-state index in [1.807, 2.05) is 30.5 Å². The highest BCUT2D eigenvalue weighted by Crippen LogP contribution is 2.14. The Bertz CT molecular complexity index is 297. The summed E-state index contributed by atoms with van der Waals surface area (Å²) in [5.41, 5.74) is 1.06. The molecule has 14 heavy (non-hydrogen) atoms. The lowest BCUT2D eigenvalue weighted by molar-refractivity contribution is 0.170. The van der Waals surface area contributed by atoms with Gasteiger partial charge in [-0.15, -0.1) is 11.8 Å². The van der Waals surface area contributed by atoms with E-state index in [9.17, 15) is 4.79 Å². The first-order valence-corrected chi connectivity index (χ1v) is 5.43. The van der Waals surface area contributed by atoms with Gasteiger partial charge in [0.25, 0.3) is 0 Å². The number of hydrogen-bond acceptors (Lipinski definition) is 3. The molecule has 0 unspecified atom stereocenters. The molecule has 3 nitrogen and oxygen atoms in total. The van der Waals surface area contributed by atoms with Crippen LogP contribution in [0.25, 0.3) is 0 Å². The maximum Gasteiger partial charge on any atom is 0.407 e. The topological polar surface area (TPSA) is 38.3 Å². The number of benzene rings is 1. The largest absolute Gasteiger partial charge is 0.453 e. The second kappa shape index (κ2) is 5.54. The van der Waals surface area contributed by atoms with Gasteiger partial charge in [0.2, 0.25) is 0 Å². The Labute approximate surface area is 87.8 Å². The van der Waals surface area contributed by atoms with E-state index >= 15 is 0 Å². The maximum absolute atomic E-state index is 10.8. The van der Waals surface area contributed by atoms with Crippen molar-refractivity contribution in [2.24, 2.45) is 0 Å². The number of amides is 1. The lowest BCUT2D eigenvalue weighted by Crippen LogP contribution is -2.22. The van der Waals surface area contributed by atoms with E-state index in [-0.39, 0.29) is 0 Å². The lowest BCUT2D eigenvalue weighted by atomic mass is 10.2. The molecule has 0 bridgehead atoms. The Hall–Kier alpha value is -1.16. The summed E-state index contributed by atoms with van der Waals surface area (Å²) in [7, 11) is 1.35. The molecular formula is C10H13NO2S. The highest BCUT2D eigenvalue weighted by molar-refractivity contribution is 7.98. The zero-order valence-electron chi connectivity index (χ0n) is 8.24. The molecule has 1 N–H and O–H groups in total. The summed E-state index contributed by atoms with van der Waals surface area (Å²) < 4.78 is 4.46. The highest BCUT2D eigenvalue weighted by Gasteiger charge is 1.98. The van der Waals surface area contributed by atoms with Gasteiger partial charge in [0.15, 0.2) is 0 Å². The van der Waals surface area contributed by atoms with Crippen molar-refractivity contribution < 1.29 is 9.53 Å². The van der Waals surface area contributed by atoms with Crippen LogP contribution in [0.3, 0.4) is 0 Å². The average molecular weight is 211 g/mol. The summed E-state index contributed by atoms with van der Waals surface area (Å²) in [4.78, 5) is 12.0. The van der Waals surface area contributed by atoms with Gasteiger partial charge in [0, 0.05) is 11.4 Å². The Morgan fingerprint density at radius 2 is 2.07 bits per heavy atom. The highest BCUT2D eigenvalue weighted by atomic mass is 32.2. The van der Waals surface area contributed by atoms with Gasteiger partial charge in [-0.3, -0.25) is 0 Å². The second-order valence-electron chi connectivity index (χ2n) is 2.69. The number of carbonyl (C=O) groups is 1. The predicted octanol–water partition coefficient (Wildman–Crippen LogP) is 2.26. The minimum absolute atomic E-state index is 0.404. The van der Waals surface area contributed by atoms with Crippen LogP contribution in [-0.2, 0) is 11.3 Å². The van der Waals surface area contributed by atoms with E-state index in [1.54, 1.807) is 11.8 Å². The monoisotopic (exact) mass is 211 g/mol. The fourth-order valence-corrected chi connectivity index (χ4v) is 1.40. The number of thioether (sulfide) groups is 1. The van der Waals surface area contributed by atoms with Crippen molar-refractivity contribution in [1.82, 2.24) is 5.32 Å². The number of nitrogens with one attached hydrogen (secondary N) is 1. The summed E-state index contributed by atoms with van der Waals surface area (Å²) in [6.07, 6.45) is 1.63. The quantitative estimate of drug-likeness (QED) is 0.779. The second-order valence-corrected chi connectivity index (χ2v) is 3.57. The third-order valence-electron chi connectivity index (χ3n) is 1.78. The van der Waals surface area contributed by atoms with Crippen molar-refractivity contribution in [2.75, 3.05) is 13.4 Å². The van der Waals surface area contributed by atoms with Gasteiger partial charge in [-0.05, 0) is 24.0 Å². The van der Waals surface area contributed by atoms with Crippen LogP contribution >= 0.6 is 11.8 Å². The van der Waals surface area contributed by atoms with Gasteiger partial charge in [-0.25, -0.2) is 4.79 Å². The minimum atomic E-state index is -0.404. The number of carbonyl (C=O) groups excluding carboxylic acids is 1. The van der Waals surface area contributed by atoms with Crippen molar-refractivity contribution in [2.45, 2.75) is 11.4 Å². The van der Waals surface area contributed by atoms with Crippen LogP contribution in [0.1, 0.15) is 5.56 Å². The number of methoxy groups -OCH3 is 1. The summed E-state index contributed by atoms with van der Waals surface area (Å²) in [6, 6.07) is 8.03. The minimum Gasteiger partial charge on any atom is -0.453 e. The van der Waals surface area contributed by atoms with Gasteiger partial charge in [0.1, 0.15) is 0 Å². The van der Waals surface area contributed by atoms with Crippen LogP contribution < -0.4 is 5.32 Å². The third kappa shape index (κ3) is 3.30. The van der Waals surface area contributed by atoms with Crippen molar-refractivity contribution >= 4 is 17.9 Å². The number of hydrogen-bond donors (Lipinski definition) is 1. The summed E-state index contributed by atoms with van der Waals surface area (Å²) in [5, 5.41) is 2.62. The van der Waals surface area contributed by atoms with Gasteiger partial charge < -0.3 is 10.1 Å². The van der Waals surface area contributed by atoms with Crippen LogP contribution in [0.15, 0.2) is 29.2 Å². The van der Waals surface area contributed by atoms with Gasteiger partial charge in [-0.2, -0.15) is 0 Å². The predicted molar refractivity (Wildman–Crippen MR) is 57.5 cm³/mol. The van der Waals surface area contributed by atoms with E-state index < -0.39 is 6.09 Å². The molecule has 0 atom stereocenters. The van der Waals surface area contributed by atoms with Crippen molar-refractivity contribution in [3.8, 4) is 0 Å². The number of ether oxygens (including phenoxy) is 1. The smallest absolute Gasteiger partial charge is 0.407 e. The van der Waals surface area contributed by atoms with Crippen LogP contribution in [0, 0.1) is 0 Å². The van der Waals surface area contributed by atoms with Crippen LogP contribution in [0.5, 0.6) is 0 Å². The molecule has 0 saturated heterocycles. The van der Waals surface area contributed by atoms with Crippen LogP contribution in [0.2, 0.25) is 0 Å². The maximum atomic E-state index is 10.8.